The van der Waals surface area contributed by atoms with Gasteiger partial charge >= 0.3 is 12.3 Å². The first-order valence-corrected chi connectivity index (χ1v) is 3.61. The van der Waals surface area contributed by atoms with Crippen LogP contribution in [0.15, 0.2) is 12.4 Å². The van der Waals surface area contributed by atoms with Crippen LogP contribution >= 0.6 is 0 Å². The van der Waals surface area contributed by atoms with Gasteiger partial charge in [0.25, 0.3) is 0 Å². The second-order valence-electron chi connectivity index (χ2n) is 2.51. The Kier molecular flexibility index (Phi) is 2.78. The van der Waals surface area contributed by atoms with E-state index in [1.54, 1.807) is 0 Å². The summed E-state index contributed by atoms with van der Waals surface area (Å²) in [5.74, 6) is -0.605. The minimum atomic E-state index is -4.55. The number of ether oxygens (including phenoxy) is 1. The standard InChI is InChI=1S/C7H7F3N2O2/c1-14-6(13)2-5-3-11-12(4-5)7(8,9)10/h3-4H,2H2,1H3. The number of carbonyl (C=O) groups is 1. The van der Waals surface area contributed by atoms with E-state index >= 15 is 0 Å². The lowest BCUT2D eigenvalue weighted by Crippen LogP contribution is -2.16. The van der Waals surface area contributed by atoms with Crippen LogP contribution in [0, 0.1) is 0 Å². The molecule has 0 saturated heterocycles. The largest absolute Gasteiger partial charge is 0.504 e. The fourth-order valence-corrected chi connectivity index (χ4v) is 0.829. The summed E-state index contributed by atoms with van der Waals surface area (Å²) < 4.78 is 40.1. The molecule has 1 heterocycles. The van der Waals surface area contributed by atoms with E-state index < -0.39 is 12.3 Å². The highest BCUT2D eigenvalue weighted by Crippen LogP contribution is 2.21. The molecule has 0 aliphatic heterocycles. The molecule has 1 aromatic heterocycles. The lowest BCUT2D eigenvalue weighted by molar-refractivity contribution is -0.212. The molecule has 0 amide bonds. The molecule has 0 bridgehead atoms. The lowest BCUT2D eigenvalue weighted by atomic mass is 10.3. The van der Waals surface area contributed by atoms with Gasteiger partial charge in [-0.3, -0.25) is 4.79 Å². The number of esters is 1. The van der Waals surface area contributed by atoms with Crippen LogP contribution < -0.4 is 0 Å². The van der Waals surface area contributed by atoms with Crippen molar-refractivity contribution in [3.05, 3.63) is 18.0 Å². The zero-order chi connectivity index (χ0) is 10.8. The Morgan fingerprint density at radius 3 is 2.71 bits per heavy atom. The lowest BCUT2D eigenvalue weighted by Gasteiger charge is -2.03. The average Bonchev–Trinajstić information content (AvgIpc) is 2.51. The molecule has 0 N–H and O–H groups in total. The Morgan fingerprint density at radius 2 is 2.29 bits per heavy atom. The SMILES string of the molecule is COC(=O)Cc1cnn(C(F)(F)F)c1. The highest BCUT2D eigenvalue weighted by Gasteiger charge is 2.31. The van der Waals surface area contributed by atoms with Crippen LogP contribution in [0.3, 0.4) is 0 Å². The third-order valence-corrected chi connectivity index (χ3v) is 1.47. The van der Waals surface area contributed by atoms with Gasteiger partial charge in [0.2, 0.25) is 0 Å². The van der Waals surface area contributed by atoms with Crippen LogP contribution in [-0.4, -0.2) is 22.9 Å². The molecule has 14 heavy (non-hydrogen) atoms. The first kappa shape index (κ1) is 10.6. The number of nitrogens with zero attached hydrogens (tertiary/aromatic N) is 2. The highest BCUT2D eigenvalue weighted by atomic mass is 19.4. The molecule has 1 aromatic rings. The highest BCUT2D eigenvalue weighted by molar-refractivity contribution is 5.72. The first-order valence-electron chi connectivity index (χ1n) is 3.61. The fourth-order valence-electron chi connectivity index (χ4n) is 0.829. The molecule has 0 aromatic carbocycles. The maximum Gasteiger partial charge on any atom is 0.504 e. The van der Waals surface area contributed by atoms with Gasteiger partial charge < -0.3 is 4.74 Å². The molecule has 0 fully saturated rings. The number of rotatable bonds is 2. The number of alkyl halides is 3. The predicted molar refractivity (Wildman–Crippen MR) is 39.2 cm³/mol. The van der Waals surface area contributed by atoms with E-state index in [0.29, 0.717) is 0 Å². The normalized spacial score (nSPS) is 11.4. The van der Waals surface area contributed by atoms with Crippen LogP contribution in [0.5, 0.6) is 0 Å². The Balaban J connectivity index is 2.74. The summed E-state index contributed by atoms with van der Waals surface area (Å²) in [6.07, 6.45) is -3.04. The molecule has 0 aliphatic rings. The zero-order valence-electron chi connectivity index (χ0n) is 7.21. The molecule has 0 aliphatic carbocycles. The number of aromatic nitrogens is 2. The molecule has 0 spiro atoms. The van der Waals surface area contributed by atoms with Crippen LogP contribution in [0.4, 0.5) is 13.2 Å². The van der Waals surface area contributed by atoms with Gasteiger partial charge in [0.15, 0.2) is 0 Å². The number of hydrogen-bond acceptors (Lipinski definition) is 3. The van der Waals surface area contributed by atoms with Gasteiger partial charge in [-0.1, -0.05) is 0 Å². The van der Waals surface area contributed by atoms with Gasteiger partial charge in [0, 0.05) is 11.8 Å². The second kappa shape index (κ2) is 3.69. The molecule has 0 saturated carbocycles. The first-order chi connectivity index (χ1) is 6.43. The van der Waals surface area contributed by atoms with Crippen molar-refractivity contribution < 1.29 is 22.7 Å². The van der Waals surface area contributed by atoms with Crippen LogP contribution in [0.1, 0.15) is 5.56 Å². The van der Waals surface area contributed by atoms with E-state index in [4.69, 9.17) is 0 Å². The smallest absolute Gasteiger partial charge is 0.469 e. The maximum absolute atomic E-state index is 12.0. The van der Waals surface area contributed by atoms with E-state index in [1.807, 2.05) is 0 Å². The molecule has 78 valence electrons. The van der Waals surface area contributed by atoms with E-state index in [2.05, 4.69) is 9.84 Å². The summed E-state index contributed by atoms with van der Waals surface area (Å²) in [5.41, 5.74) is 0.161. The summed E-state index contributed by atoms with van der Waals surface area (Å²) in [6, 6.07) is 0. The second-order valence-corrected chi connectivity index (χ2v) is 2.51. The zero-order valence-corrected chi connectivity index (χ0v) is 7.21. The number of methoxy groups -OCH3 is 1. The monoisotopic (exact) mass is 208 g/mol. The molecular weight excluding hydrogens is 201 g/mol. The van der Waals surface area contributed by atoms with Crippen LogP contribution in [0.2, 0.25) is 0 Å². The molecule has 0 radical (unpaired) electrons. The van der Waals surface area contributed by atoms with Crippen molar-refractivity contribution in [1.29, 1.82) is 0 Å². The Bertz CT molecular complexity index is 332. The molecule has 7 heteroatoms. The molecule has 1 rings (SSSR count). The molecule has 0 unspecified atom stereocenters. The number of halogens is 3. The quantitative estimate of drug-likeness (QED) is 0.683. The van der Waals surface area contributed by atoms with E-state index in [1.165, 1.54) is 0 Å². The van der Waals surface area contributed by atoms with Gasteiger partial charge in [-0.2, -0.15) is 9.78 Å². The van der Waals surface area contributed by atoms with Crippen molar-refractivity contribution in [3.8, 4) is 0 Å². The van der Waals surface area contributed by atoms with Gasteiger partial charge in [0.05, 0.1) is 19.7 Å². The fraction of sp³-hybridized carbons (Fsp3) is 0.429. The summed E-state index contributed by atoms with van der Waals surface area (Å²) in [5, 5.41) is 3.06. The minimum Gasteiger partial charge on any atom is -0.469 e. The van der Waals surface area contributed by atoms with Crippen molar-refractivity contribution in [1.82, 2.24) is 9.78 Å². The van der Waals surface area contributed by atoms with Gasteiger partial charge in [-0.05, 0) is 0 Å². The Labute approximate surface area is 77.3 Å². The molecular formula is C7H7F3N2O2. The third-order valence-electron chi connectivity index (χ3n) is 1.47. The summed E-state index contributed by atoms with van der Waals surface area (Å²) in [4.78, 5) is 10.7. The third kappa shape index (κ3) is 2.48. The minimum absolute atomic E-state index is 0.161. The van der Waals surface area contributed by atoms with Crippen molar-refractivity contribution in [2.75, 3.05) is 7.11 Å². The maximum atomic E-state index is 12.0. The van der Waals surface area contributed by atoms with Crippen molar-refractivity contribution in [2.45, 2.75) is 12.7 Å². The Morgan fingerprint density at radius 1 is 1.64 bits per heavy atom. The van der Waals surface area contributed by atoms with Gasteiger partial charge in [-0.25, -0.2) is 0 Å². The summed E-state index contributed by atoms with van der Waals surface area (Å²) >= 11 is 0. The van der Waals surface area contributed by atoms with E-state index in [0.717, 1.165) is 19.5 Å². The average molecular weight is 208 g/mol. The molecule has 0 atom stereocenters. The predicted octanol–water partition coefficient (Wildman–Crippen LogP) is 1.07. The topological polar surface area (TPSA) is 44.1 Å². The summed E-state index contributed by atoms with van der Waals surface area (Å²) in [7, 11) is 1.16. The van der Waals surface area contributed by atoms with E-state index in [9.17, 15) is 18.0 Å². The summed E-state index contributed by atoms with van der Waals surface area (Å²) in [6.45, 7) is 0. The van der Waals surface area contributed by atoms with Crippen LogP contribution in [-0.2, 0) is 22.3 Å². The van der Waals surface area contributed by atoms with Crippen molar-refractivity contribution in [2.24, 2.45) is 0 Å². The van der Waals surface area contributed by atoms with Crippen molar-refractivity contribution >= 4 is 5.97 Å². The number of hydrogen-bond donors (Lipinski definition) is 0. The van der Waals surface area contributed by atoms with Gasteiger partial charge in [-0.15, -0.1) is 13.2 Å². The van der Waals surface area contributed by atoms with Crippen molar-refractivity contribution in [3.63, 3.8) is 0 Å². The number of carbonyl (C=O) groups excluding carboxylic acids is 1. The molecule has 4 nitrogen and oxygen atoms in total. The van der Waals surface area contributed by atoms with E-state index in [-0.39, 0.29) is 16.7 Å². The van der Waals surface area contributed by atoms with Crippen LogP contribution in [0.25, 0.3) is 0 Å². The Hall–Kier alpha value is -1.53. The van der Waals surface area contributed by atoms with Gasteiger partial charge in [0.1, 0.15) is 0 Å².